The fourth-order valence-electron chi connectivity index (χ4n) is 2.16. The molecule has 18 heavy (non-hydrogen) atoms. The van der Waals surface area contributed by atoms with Crippen LogP contribution in [0.4, 0.5) is 4.79 Å². The van der Waals surface area contributed by atoms with Gasteiger partial charge in [-0.15, -0.1) is 6.58 Å². The van der Waals surface area contributed by atoms with Gasteiger partial charge in [0.2, 0.25) is 0 Å². The van der Waals surface area contributed by atoms with Crippen LogP contribution < -0.4 is 5.32 Å². The molecule has 0 aromatic rings. The van der Waals surface area contributed by atoms with Crippen molar-refractivity contribution < 1.29 is 14.7 Å². The molecule has 1 aliphatic carbocycles. The van der Waals surface area contributed by atoms with Gasteiger partial charge in [0, 0.05) is 19.6 Å². The number of hydrogen-bond acceptors (Lipinski definition) is 2. The average molecular weight is 254 g/mol. The fraction of sp³-hybridized carbons (Fsp3) is 0.692. The summed E-state index contributed by atoms with van der Waals surface area (Å²) < 4.78 is 0. The van der Waals surface area contributed by atoms with Crippen LogP contribution in [-0.4, -0.2) is 41.6 Å². The number of hydrogen-bond donors (Lipinski definition) is 2. The molecule has 0 heterocycles. The normalized spacial score (nSPS) is 23.2. The molecule has 1 saturated carbocycles. The highest BCUT2D eigenvalue weighted by Crippen LogP contribution is 2.24. The first-order chi connectivity index (χ1) is 8.54. The molecule has 0 aliphatic heterocycles. The summed E-state index contributed by atoms with van der Waals surface area (Å²) in [4.78, 5) is 24.2. The predicted molar refractivity (Wildman–Crippen MR) is 69.4 cm³/mol. The maximum Gasteiger partial charge on any atom is 0.317 e. The number of carbonyl (C=O) groups is 2. The minimum atomic E-state index is -0.720. The van der Waals surface area contributed by atoms with E-state index in [1.165, 1.54) is 0 Å². The lowest BCUT2D eigenvalue weighted by Gasteiger charge is -2.28. The third-order valence-corrected chi connectivity index (χ3v) is 3.42. The summed E-state index contributed by atoms with van der Waals surface area (Å²) in [5.74, 6) is -0.959. The molecule has 0 atom stereocenters. The summed E-state index contributed by atoms with van der Waals surface area (Å²) in [5, 5.41) is 11.8. The molecule has 5 heteroatoms. The molecule has 0 bridgehead atoms. The number of urea groups is 1. The molecule has 102 valence electrons. The SMILES string of the molecule is C=CCCN(C)C(=O)NC1CCC(C(=O)O)CC1. The van der Waals surface area contributed by atoms with Crippen LogP contribution in [0.1, 0.15) is 32.1 Å². The topological polar surface area (TPSA) is 69.6 Å². The summed E-state index contributed by atoms with van der Waals surface area (Å²) in [5.41, 5.74) is 0. The van der Waals surface area contributed by atoms with Gasteiger partial charge in [-0.25, -0.2) is 4.79 Å². The number of rotatable bonds is 5. The standard InChI is InChI=1S/C13H22N2O3/c1-3-4-9-15(2)13(18)14-11-7-5-10(6-8-11)12(16)17/h3,10-11H,1,4-9H2,2H3,(H,14,18)(H,16,17). The van der Waals surface area contributed by atoms with Gasteiger partial charge >= 0.3 is 12.0 Å². The number of amides is 2. The van der Waals surface area contributed by atoms with Crippen molar-refractivity contribution in [3.8, 4) is 0 Å². The molecular weight excluding hydrogens is 232 g/mol. The molecule has 1 rings (SSSR count). The molecule has 0 aromatic heterocycles. The Morgan fingerprint density at radius 3 is 2.50 bits per heavy atom. The first-order valence-electron chi connectivity index (χ1n) is 6.40. The third-order valence-electron chi connectivity index (χ3n) is 3.42. The lowest BCUT2D eigenvalue weighted by atomic mass is 9.86. The maximum atomic E-state index is 11.8. The van der Waals surface area contributed by atoms with Gasteiger partial charge in [-0.3, -0.25) is 4.79 Å². The summed E-state index contributed by atoms with van der Waals surface area (Å²) in [6.07, 6.45) is 5.35. The van der Waals surface area contributed by atoms with Gasteiger partial charge in [0.05, 0.1) is 5.92 Å². The second kappa shape index (κ2) is 7.03. The summed E-state index contributed by atoms with van der Waals surface area (Å²) >= 11 is 0. The summed E-state index contributed by atoms with van der Waals surface area (Å²) in [7, 11) is 1.75. The lowest BCUT2D eigenvalue weighted by molar-refractivity contribution is -0.142. The Morgan fingerprint density at radius 1 is 1.39 bits per heavy atom. The van der Waals surface area contributed by atoms with Crippen LogP contribution in [0.3, 0.4) is 0 Å². The number of carbonyl (C=O) groups excluding carboxylic acids is 1. The van der Waals surface area contributed by atoms with E-state index < -0.39 is 5.97 Å². The molecule has 0 unspecified atom stereocenters. The van der Waals surface area contributed by atoms with Crippen molar-refractivity contribution in [2.24, 2.45) is 5.92 Å². The molecule has 5 nitrogen and oxygen atoms in total. The number of carboxylic acid groups (broad SMARTS) is 1. The van der Waals surface area contributed by atoms with E-state index in [1.54, 1.807) is 18.0 Å². The zero-order valence-electron chi connectivity index (χ0n) is 10.9. The van der Waals surface area contributed by atoms with Gasteiger partial charge in [0.15, 0.2) is 0 Å². The minimum absolute atomic E-state index is 0.0874. The number of nitrogens with zero attached hydrogens (tertiary/aromatic N) is 1. The average Bonchev–Trinajstić information content (AvgIpc) is 2.36. The van der Waals surface area contributed by atoms with Crippen molar-refractivity contribution in [3.05, 3.63) is 12.7 Å². The summed E-state index contributed by atoms with van der Waals surface area (Å²) in [6, 6.07) is 0.0231. The number of carboxylic acids is 1. The largest absolute Gasteiger partial charge is 0.481 e. The Kier molecular flexibility index (Phi) is 5.68. The van der Waals surface area contributed by atoms with E-state index in [1.807, 2.05) is 0 Å². The molecule has 1 aliphatic rings. The van der Waals surface area contributed by atoms with Crippen molar-refractivity contribution in [2.75, 3.05) is 13.6 Å². The monoisotopic (exact) mass is 254 g/mol. The van der Waals surface area contributed by atoms with E-state index in [4.69, 9.17) is 5.11 Å². The van der Waals surface area contributed by atoms with Crippen molar-refractivity contribution in [3.63, 3.8) is 0 Å². The zero-order chi connectivity index (χ0) is 13.5. The van der Waals surface area contributed by atoms with Gasteiger partial charge in [-0.1, -0.05) is 6.08 Å². The Morgan fingerprint density at radius 2 is 2.00 bits per heavy atom. The van der Waals surface area contributed by atoms with Gasteiger partial charge < -0.3 is 15.3 Å². The van der Waals surface area contributed by atoms with Crippen molar-refractivity contribution >= 4 is 12.0 Å². The second-order valence-electron chi connectivity index (χ2n) is 4.84. The Bertz CT molecular complexity index is 309. The Hall–Kier alpha value is -1.52. The molecule has 0 radical (unpaired) electrons. The van der Waals surface area contributed by atoms with E-state index in [0.29, 0.717) is 19.4 Å². The van der Waals surface area contributed by atoms with Crippen LogP contribution in [-0.2, 0) is 4.79 Å². The molecule has 2 N–H and O–H groups in total. The first kappa shape index (κ1) is 14.5. The van der Waals surface area contributed by atoms with Crippen LogP contribution in [0.15, 0.2) is 12.7 Å². The molecule has 1 fully saturated rings. The summed E-state index contributed by atoms with van der Waals surface area (Å²) in [6.45, 7) is 4.27. The number of nitrogens with one attached hydrogen (secondary N) is 1. The van der Waals surface area contributed by atoms with E-state index >= 15 is 0 Å². The Labute approximate surface area is 108 Å². The fourth-order valence-corrected chi connectivity index (χ4v) is 2.16. The van der Waals surface area contributed by atoms with Gasteiger partial charge in [0.25, 0.3) is 0 Å². The van der Waals surface area contributed by atoms with Crippen LogP contribution in [0.25, 0.3) is 0 Å². The molecular formula is C13H22N2O3. The van der Waals surface area contributed by atoms with Gasteiger partial charge in [0.1, 0.15) is 0 Å². The quantitative estimate of drug-likeness (QED) is 0.736. The van der Waals surface area contributed by atoms with E-state index in [0.717, 1.165) is 19.3 Å². The van der Waals surface area contributed by atoms with Crippen LogP contribution in [0.2, 0.25) is 0 Å². The highest BCUT2D eigenvalue weighted by atomic mass is 16.4. The molecule has 2 amide bonds. The van der Waals surface area contributed by atoms with E-state index in [9.17, 15) is 9.59 Å². The van der Waals surface area contributed by atoms with Crippen LogP contribution in [0, 0.1) is 5.92 Å². The molecule has 0 aromatic carbocycles. The van der Waals surface area contributed by atoms with Crippen LogP contribution in [0.5, 0.6) is 0 Å². The predicted octanol–water partition coefficient (Wildman–Crippen LogP) is 1.85. The van der Waals surface area contributed by atoms with Gasteiger partial charge in [-0.05, 0) is 32.1 Å². The van der Waals surface area contributed by atoms with E-state index in [2.05, 4.69) is 11.9 Å². The lowest BCUT2D eigenvalue weighted by Crippen LogP contribution is -2.45. The number of aliphatic carboxylic acids is 1. The smallest absolute Gasteiger partial charge is 0.317 e. The van der Waals surface area contributed by atoms with Gasteiger partial charge in [-0.2, -0.15) is 0 Å². The van der Waals surface area contributed by atoms with Crippen molar-refractivity contribution in [1.82, 2.24) is 10.2 Å². The molecule has 0 spiro atoms. The van der Waals surface area contributed by atoms with E-state index in [-0.39, 0.29) is 18.0 Å². The maximum absolute atomic E-state index is 11.8. The minimum Gasteiger partial charge on any atom is -0.481 e. The highest BCUT2D eigenvalue weighted by Gasteiger charge is 2.27. The zero-order valence-corrected chi connectivity index (χ0v) is 10.9. The highest BCUT2D eigenvalue weighted by molar-refractivity contribution is 5.74. The Balaban J connectivity index is 2.29. The first-order valence-corrected chi connectivity index (χ1v) is 6.40. The second-order valence-corrected chi connectivity index (χ2v) is 4.84. The van der Waals surface area contributed by atoms with Crippen molar-refractivity contribution in [2.45, 2.75) is 38.1 Å². The molecule has 0 saturated heterocycles. The van der Waals surface area contributed by atoms with Crippen molar-refractivity contribution in [1.29, 1.82) is 0 Å². The third kappa shape index (κ3) is 4.39. The van der Waals surface area contributed by atoms with Crippen LogP contribution >= 0.6 is 0 Å².